The average Bonchev–Trinajstić information content (AvgIpc) is 2.81. The Morgan fingerprint density at radius 3 is 2.69 bits per heavy atom. The van der Waals surface area contributed by atoms with Gasteiger partial charge in [0.2, 0.25) is 5.43 Å². The molecule has 7 nitrogen and oxygen atoms in total. The summed E-state index contributed by atoms with van der Waals surface area (Å²) < 4.78 is 1.62. The molecule has 4 heterocycles. The zero-order chi connectivity index (χ0) is 22.1. The van der Waals surface area contributed by atoms with Crippen molar-refractivity contribution in [2.45, 2.75) is 25.3 Å². The molecule has 1 atom stereocenters. The van der Waals surface area contributed by atoms with E-state index in [0.29, 0.717) is 13.2 Å². The monoisotopic (exact) mass is 428 g/mol. The van der Waals surface area contributed by atoms with E-state index in [2.05, 4.69) is 29.3 Å². The summed E-state index contributed by atoms with van der Waals surface area (Å²) in [4.78, 5) is 31.8. The lowest BCUT2D eigenvalue weighted by Crippen LogP contribution is -2.55. The lowest BCUT2D eigenvalue weighted by atomic mass is 9.94. The van der Waals surface area contributed by atoms with Gasteiger partial charge in [0.05, 0.1) is 5.69 Å². The van der Waals surface area contributed by atoms with Gasteiger partial charge in [-0.25, -0.2) is 0 Å². The number of hydrogen-bond acceptors (Lipinski definition) is 5. The fourth-order valence-corrected chi connectivity index (χ4v) is 4.49. The number of amides is 1. The first kappa shape index (κ1) is 20.1. The molecule has 2 aliphatic rings. The van der Waals surface area contributed by atoms with Crippen LogP contribution in [0.4, 0.5) is 0 Å². The number of fused-ring (bicyclic) bond motifs is 5. The van der Waals surface area contributed by atoms with E-state index in [-0.39, 0.29) is 17.6 Å². The number of aromatic hydroxyl groups is 1. The highest BCUT2D eigenvalue weighted by Gasteiger charge is 2.37. The van der Waals surface area contributed by atoms with E-state index in [9.17, 15) is 14.7 Å². The third kappa shape index (κ3) is 3.45. The maximum Gasteiger partial charge on any atom is 0.277 e. The van der Waals surface area contributed by atoms with Gasteiger partial charge in [-0.15, -0.1) is 0 Å². The summed E-state index contributed by atoms with van der Waals surface area (Å²) in [7, 11) is 0. The van der Waals surface area contributed by atoms with E-state index < -0.39 is 11.2 Å². The maximum atomic E-state index is 13.3. The van der Waals surface area contributed by atoms with Crippen LogP contribution in [0.3, 0.4) is 0 Å². The molecule has 2 aromatic heterocycles. The van der Waals surface area contributed by atoms with Gasteiger partial charge >= 0.3 is 0 Å². The molecule has 0 spiro atoms. The van der Waals surface area contributed by atoms with Crippen LogP contribution in [-0.4, -0.2) is 38.8 Å². The molecule has 1 N–H and O–H groups in total. The van der Waals surface area contributed by atoms with E-state index in [1.807, 2.05) is 35.3 Å². The Hall–Kier alpha value is -3.87. The third-order valence-corrected chi connectivity index (χ3v) is 6.05. The first-order valence-corrected chi connectivity index (χ1v) is 10.8. The maximum absolute atomic E-state index is 13.3. The van der Waals surface area contributed by atoms with Crippen LogP contribution in [0.25, 0.3) is 0 Å². The molecule has 0 saturated heterocycles. The highest BCUT2D eigenvalue weighted by Crippen LogP contribution is 2.33. The highest BCUT2D eigenvalue weighted by atomic mass is 16.3. The van der Waals surface area contributed by atoms with Crippen molar-refractivity contribution in [2.75, 3.05) is 18.2 Å². The molecular formula is C25H24N4O3. The number of benzene rings is 1. The fraction of sp³-hybridized carbons (Fsp3) is 0.240. The fourth-order valence-electron chi connectivity index (χ4n) is 4.49. The van der Waals surface area contributed by atoms with Gasteiger partial charge in [0.15, 0.2) is 11.4 Å². The summed E-state index contributed by atoms with van der Waals surface area (Å²) in [6.45, 7) is 0.840. The van der Waals surface area contributed by atoms with Crippen molar-refractivity contribution in [2.24, 2.45) is 0 Å². The molecule has 0 radical (unpaired) electrons. The SMILES string of the molecule is O=C1c2c(O)c(=O)ccn2N2CN1CCC/C=C/Cc1ccccc1C2c1ccccn1. The third-order valence-electron chi connectivity index (χ3n) is 6.05. The standard InChI is InChI=1S/C25H24N4O3/c30-21-13-16-28-23(24(21)31)25(32)27-15-8-2-1-3-9-18-10-4-5-11-19(18)22(29(28)17-27)20-12-6-7-14-26-20/h1,3-7,10-14,16,22,31H,2,8-9,15,17H2/b3-1+. The highest BCUT2D eigenvalue weighted by molar-refractivity contribution is 5.96. The van der Waals surface area contributed by atoms with Crippen molar-refractivity contribution in [1.29, 1.82) is 0 Å². The van der Waals surface area contributed by atoms with Gasteiger partial charge in [-0.05, 0) is 42.5 Å². The van der Waals surface area contributed by atoms with Crippen LogP contribution in [0.2, 0.25) is 0 Å². The first-order chi connectivity index (χ1) is 15.6. The van der Waals surface area contributed by atoms with Crippen molar-refractivity contribution in [3.8, 4) is 5.75 Å². The smallest absolute Gasteiger partial charge is 0.277 e. The minimum Gasteiger partial charge on any atom is -0.502 e. The second kappa shape index (κ2) is 8.34. The number of aromatic nitrogens is 2. The van der Waals surface area contributed by atoms with Crippen LogP contribution in [0.1, 0.15) is 46.2 Å². The minimum atomic E-state index is -0.565. The van der Waals surface area contributed by atoms with Gasteiger partial charge in [-0.2, -0.15) is 0 Å². The molecule has 1 aromatic carbocycles. The van der Waals surface area contributed by atoms with E-state index >= 15 is 0 Å². The Morgan fingerprint density at radius 1 is 1.00 bits per heavy atom. The summed E-state index contributed by atoms with van der Waals surface area (Å²) in [5.74, 6) is -0.863. The topological polar surface area (TPSA) is 78.7 Å². The van der Waals surface area contributed by atoms with Crippen molar-refractivity contribution in [1.82, 2.24) is 14.6 Å². The first-order valence-electron chi connectivity index (χ1n) is 10.8. The van der Waals surface area contributed by atoms with E-state index in [1.54, 1.807) is 22.0 Å². The summed E-state index contributed by atoms with van der Waals surface area (Å²) in [5, 5.41) is 12.6. The summed E-state index contributed by atoms with van der Waals surface area (Å²) in [6, 6.07) is 15.0. The zero-order valence-corrected chi connectivity index (χ0v) is 17.6. The quantitative estimate of drug-likeness (QED) is 0.603. The Balaban J connectivity index is 1.78. The second-order valence-corrected chi connectivity index (χ2v) is 8.04. The van der Waals surface area contributed by atoms with E-state index in [4.69, 9.17) is 0 Å². The van der Waals surface area contributed by atoms with E-state index in [1.165, 1.54) is 6.07 Å². The van der Waals surface area contributed by atoms with Crippen molar-refractivity contribution >= 4 is 5.91 Å². The number of nitrogens with zero attached hydrogens (tertiary/aromatic N) is 4. The summed E-state index contributed by atoms with van der Waals surface area (Å²) in [5.41, 5.74) is 2.48. The molecule has 0 saturated carbocycles. The van der Waals surface area contributed by atoms with Crippen LogP contribution in [-0.2, 0) is 6.42 Å². The molecule has 0 fully saturated rings. The summed E-state index contributed by atoms with van der Waals surface area (Å²) in [6.07, 6.45) is 10.1. The van der Waals surface area contributed by atoms with Crippen molar-refractivity contribution in [3.63, 3.8) is 0 Å². The normalized spacial score (nSPS) is 19.4. The number of rotatable bonds is 1. The Morgan fingerprint density at radius 2 is 1.84 bits per heavy atom. The summed E-state index contributed by atoms with van der Waals surface area (Å²) >= 11 is 0. The molecule has 162 valence electrons. The Kier molecular flexibility index (Phi) is 5.23. The molecule has 1 amide bonds. The molecule has 2 bridgehead atoms. The second-order valence-electron chi connectivity index (χ2n) is 8.04. The molecule has 1 unspecified atom stereocenters. The van der Waals surface area contributed by atoms with Crippen molar-refractivity contribution < 1.29 is 9.90 Å². The van der Waals surface area contributed by atoms with Gasteiger partial charge < -0.3 is 10.0 Å². The van der Waals surface area contributed by atoms with Crippen molar-refractivity contribution in [3.05, 3.63) is 106 Å². The molecule has 2 aliphatic heterocycles. The minimum absolute atomic E-state index is 0.00485. The van der Waals surface area contributed by atoms with Gasteiger partial charge in [-0.1, -0.05) is 42.5 Å². The van der Waals surface area contributed by atoms with Gasteiger partial charge in [0, 0.05) is 25.0 Å². The predicted molar refractivity (Wildman–Crippen MR) is 121 cm³/mol. The van der Waals surface area contributed by atoms with Crippen LogP contribution in [0.15, 0.2) is 77.9 Å². The largest absolute Gasteiger partial charge is 0.502 e. The van der Waals surface area contributed by atoms with Crippen LogP contribution < -0.4 is 10.4 Å². The van der Waals surface area contributed by atoms with Crippen LogP contribution >= 0.6 is 0 Å². The lowest BCUT2D eigenvalue weighted by Gasteiger charge is -2.44. The van der Waals surface area contributed by atoms with Crippen LogP contribution in [0.5, 0.6) is 5.75 Å². The van der Waals surface area contributed by atoms with Gasteiger partial charge in [-0.3, -0.25) is 24.3 Å². The van der Waals surface area contributed by atoms with Crippen LogP contribution in [0, 0.1) is 0 Å². The number of hydrogen-bond donors (Lipinski definition) is 1. The molecule has 32 heavy (non-hydrogen) atoms. The van der Waals surface area contributed by atoms with E-state index in [0.717, 1.165) is 36.1 Å². The number of pyridine rings is 2. The van der Waals surface area contributed by atoms with Gasteiger partial charge in [0.25, 0.3) is 5.91 Å². The predicted octanol–water partition coefficient (Wildman–Crippen LogP) is 2.98. The number of carbonyl (C=O) groups is 1. The molecule has 7 heteroatoms. The Bertz CT molecular complexity index is 1240. The Labute approximate surface area is 185 Å². The molecule has 5 rings (SSSR count). The molecule has 3 aromatic rings. The number of carbonyl (C=O) groups excluding carboxylic acids is 1. The molecular weight excluding hydrogens is 404 g/mol. The molecule has 0 aliphatic carbocycles. The van der Waals surface area contributed by atoms with Gasteiger partial charge in [0.1, 0.15) is 12.7 Å². The zero-order valence-electron chi connectivity index (χ0n) is 17.6. The number of allylic oxidation sites excluding steroid dienone is 2. The lowest BCUT2D eigenvalue weighted by molar-refractivity contribution is 0.0677. The average molecular weight is 428 g/mol.